The molecule has 242 valence electrons. The molecule has 0 saturated heterocycles. The van der Waals surface area contributed by atoms with E-state index in [1.165, 1.54) is 12.1 Å². The molecule has 0 unspecified atom stereocenters. The first-order chi connectivity index (χ1) is 21.8. The van der Waals surface area contributed by atoms with Crippen LogP contribution in [0.3, 0.4) is 0 Å². The molecule has 1 aliphatic carbocycles. The topological polar surface area (TPSA) is 108 Å². The number of carbonyl (C=O) groups excluding carboxylic acids is 4. The number of rotatable bonds is 5. The zero-order valence-electron chi connectivity index (χ0n) is 24.6. The van der Waals surface area contributed by atoms with Crippen LogP contribution < -0.4 is 16.0 Å². The van der Waals surface area contributed by atoms with Crippen molar-refractivity contribution in [3.63, 3.8) is 0 Å². The fourth-order valence-electron chi connectivity index (χ4n) is 5.42. The van der Waals surface area contributed by atoms with Gasteiger partial charge in [0.15, 0.2) is 0 Å². The maximum absolute atomic E-state index is 14.1. The molecule has 5 rings (SSSR count). The average Bonchev–Trinajstić information content (AvgIpc) is 3.77. The van der Waals surface area contributed by atoms with Crippen LogP contribution in [0.4, 0.5) is 22.0 Å². The normalized spacial score (nSPS) is 19.0. The maximum Gasteiger partial charge on any atom is 0.416 e. The Balaban J connectivity index is 1.46. The molecule has 0 radical (unpaired) electrons. The quantitative estimate of drug-likeness (QED) is 0.370. The van der Waals surface area contributed by atoms with Crippen molar-refractivity contribution in [2.45, 2.75) is 56.4 Å². The lowest BCUT2D eigenvalue weighted by Gasteiger charge is -2.29. The summed E-state index contributed by atoms with van der Waals surface area (Å²) < 4.78 is 67.3. The highest BCUT2D eigenvalue weighted by molar-refractivity contribution is 5.98. The summed E-state index contributed by atoms with van der Waals surface area (Å²) in [5, 5.41) is 8.14. The summed E-state index contributed by atoms with van der Waals surface area (Å²) in [5.41, 5.74) is -0.315. The standard InChI is InChI=1S/C33H31F5N4O4/c34-25-13-21(14-26(35)17-25)15-27-30(45)42(12-9-20-5-7-24(8-6-20)33(36,37)38)19-29(44)39-18-23-4-2-1-3-22(23)16-28(43)41-32(10-11-32)31(46)40-27/h1-8,13-14,17,27H,9-12,15-16,18-19H2,(H,39,44)(H,40,46)(H,41,43)/t27-/m0/s1. The van der Waals surface area contributed by atoms with Gasteiger partial charge in [0.05, 0.1) is 18.5 Å². The van der Waals surface area contributed by atoms with E-state index in [-0.39, 0.29) is 37.9 Å². The molecule has 46 heavy (non-hydrogen) atoms. The molecule has 3 aromatic carbocycles. The van der Waals surface area contributed by atoms with Gasteiger partial charge in [0.2, 0.25) is 23.6 Å². The Kier molecular flexibility index (Phi) is 9.40. The maximum atomic E-state index is 14.1. The zero-order chi connectivity index (χ0) is 33.1. The Bertz CT molecular complexity index is 1620. The minimum Gasteiger partial charge on any atom is -0.350 e. The van der Waals surface area contributed by atoms with E-state index in [2.05, 4.69) is 16.0 Å². The molecule has 8 nitrogen and oxygen atoms in total. The Morgan fingerprint density at radius 2 is 1.48 bits per heavy atom. The van der Waals surface area contributed by atoms with Gasteiger partial charge < -0.3 is 20.9 Å². The third-order valence-corrected chi connectivity index (χ3v) is 8.07. The summed E-state index contributed by atoms with van der Waals surface area (Å²) >= 11 is 0. The van der Waals surface area contributed by atoms with Crippen LogP contribution in [0.15, 0.2) is 66.7 Å². The van der Waals surface area contributed by atoms with Crippen molar-refractivity contribution in [3.05, 3.63) is 106 Å². The number of nitrogens with one attached hydrogen (secondary N) is 3. The Hall–Kier alpha value is -4.81. The Morgan fingerprint density at radius 1 is 0.826 bits per heavy atom. The molecule has 1 atom stereocenters. The van der Waals surface area contributed by atoms with Crippen LogP contribution >= 0.6 is 0 Å². The first-order valence-electron chi connectivity index (χ1n) is 14.7. The molecule has 2 aliphatic rings. The fraction of sp³-hybridized carbons (Fsp3) is 0.333. The number of amides is 4. The van der Waals surface area contributed by atoms with Crippen LogP contribution in [0, 0.1) is 11.6 Å². The van der Waals surface area contributed by atoms with E-state index in [0.717, 1.165) is 29.2 Å². The minimum absolute atomic E-state index is 0.0392. The number of alkyl halides is 3. The largest absolute Gasteiger partial charge is 0.416 e. The van der Waals surface area contributed by atoms with Gasteiger partial charge in [-0.3, -0.25) is 19.2 Å². The number of nitrogens with zero attached hydrogens (tertiary/aromatic N) is 1. The molecule has 1 heterocycles. The summed E-state index contributed by atoms with van der Waals surface area (Å²) in [7, 11) is 0. The highest BCUT2D eigenvalue weighted by atomic mass is 19.4. The number of carbonyl (C=O) groups is 4. The molecule has 4 amide bonds. The molecule has 3 aromatic rings. The van der Waals surface area contributed by atoms with Gasteiger partial charge in [-0.1, -0.05) is 36.4 Å². The molecular weight excluding hydrogens is 611 g/mol. The van der Waals surface area contributed by atoms with Crippen molar-refractivity contribution in [3.8, 4) is 0 Å². The number of hydrogen-bond donors (Lipinski definition) is 3. The van der Waals surface area contributed by atoms with Gasteiger partial charge in [-0.05, 0) is 65.8 Å². The first kappa shape index (κ1) is 32.6. The van der Waals surface area contributed by atoms with Crippen LogP contribution in [0.1, 0.15) is 40.7 Å². The van der Waals surface area contributed by atoms with Gasteiger partial charge in [0.1, 0.15) is 23.2 Å². The van der Waals surface area contributed by atoms with Crippen molar-refractivity contribution in [1.29, 1.82) is 0 Å². The molecule has 3 N–H and O–H groups in total. The number of hydrogen-bond acceptors (Lipinski definition) is 4. The summed E-state index contributed by atoms with van der Waals surface area (Å²) in [6, 6.07) is 12.6. The van der Waals surface area contributed by atoms with Gasteiger partial charge in [-0.15, -0.1) is 0 Å². The third-order valence-electron chi connectivity index (χ3n) is 8.07. The third kappa shape index (κ3) is 8.06. The molecular formula is C33H31F5N4O4. The van der Waals surface area contributed by atoms with Gasteiger partial charge in [0, 0.05) is 25.6 Å². The number of benzene rings is 3. The summed E-state index contributed by atoms with van der Waals surface area (Å²) in [6.45, 7) is -0.564. The van der Waals surface area contributed by atoms with E-state index < -0.39 is 65.1 Å². The second-order valence-corrected chi connectivity index (χ2v) is 11.6. The summed E-state index contributed by atoms with van der Waals surface area (Å²) in [6.07, 6.45) is -4.26. The molecule has 1 spiro atoms. The van der Waals surface area contributed by atoms with Crippen LogP contribution in [0.2, 0.25) is 0 Å². The van der Waals surface area contributed by atoms with Crippen molar-refractivity contribution in [1.82, 2.24) is 20.9 Å². The lowest BCUT2D eigenvalue weighted by molar-refractivity contribution is -0.140. The number of fused-ring (bicyclic) bond motifs is 1. The number of halogens is 5. The van der Waals surface area contributed by atoms with Crippen LogP contribution in [0.5, 0.6) is 0 Å². The average molecular weight is 643 g/mol. The van der Waals surface area contributed by atoms with Gasteiger partial charge in [0.25, 0.3) is 0 Å². The highest BCUT2D eigenvalue weighted by Gasteiger charge is 2.52. The highest BCUT2D eigenvalue weighted by Crippen LogP contribution is 2.36. The lowest BCUT2D eigenvalue weighted by Crippen LogP contribution is -2.57. The van der Waals surface area contributed by atoms with Crippen molar-refractivity contribution < 1.29 is 41.1 Å². The van der Waals surface area contributed by atoms with Crippen LogP contribution in [-0.2, 0) is 51.2 Å². The zero-order valence-corrected chi connectivity index (χ0v) is 24.6. The van der Waals surface area contributed by atoms with Crippen molar-refractivity contribution >= 4 is 23.6 Å². The molecule has 0 aromatic heterocycles. The molecule has 1 fully saturated rings. The van der Waals surface area contributed by atoms with E-state index >= 15 is 0 Å². The molecule has 1 aliphatic heterocycles. The summed E-state index contributed by atoms with van der Waals surface area (Å²) in [4.78, 5) is 54.9. The predicted molar refractivity (Wildman–Crippen MR) is 156 cm³/mol. The smallest absolute Gasteiger partial charge is 0.350 e. The van der Waals surface area contributed by atoms with E-state index in [4.69, 9.17) is 0 Å². The van der Waals surface area contributed by atoms with Gasteiger partial charge in [-0.25, -0.2) is 8.78 Å². The van der Waals surface area contributed by atoms with Crippen molar-refractivity contribution in [2.75, 3.05) is 13.1 Å². The van der Waals surface area contributed by atoms with Gasteiger partial charge in [-0.2, -0.15) is 13.2 Å². The van der Waals surface area contributed by atoms with E-state index in [0.29, 0.717) is 35.6 Å². The second kappa shape index (κ2) is 13.3. The van der Waals surface area contributed by atoms with Crippen molar-refractivity contribution in [2.24, 2.45) is 0 Å². The minimum atomic E-state index is -4.53. The van der Waals surface area contributed by atoms with E-state index in [1.807, 2.05) is 0 Å². The first-order valence-corrected chi connectivity index (χ1v) is 14.7. The second-order valence-electron chi connectivity index (χ2n) is 11.6. The Morgan fingerprint density at radius 3 is 2.11 bits per heavy atom. The monoisotopic (exact) mass is 642 g/mol. The van der Waals surface area contributed by atoms with Crippen LogP contribution in [-0.4, -0.2) is 53.2 Å². The summed E-state index contributed by atoms with van der Waals surface area (Å²) in [5.74, 6) is -4.21. The fourth-order valence-corrected chi connectivity index (χ4v) is 5.42. The molecule has 1 saturated carbocycles. The van der Waals surface area contributed by atoms with E-state index in [9.17, 15) is 41.1 Å². The molecule has 0 bridgehead atoms. The lowest BCUT2D eigenvalue weighted by atomic mass is 10.0. The van der Waals surface area contributed by atoms with E-state index in [1.54, 1.807) is 24.3 Å². The SMILES string of the molecule is O=C1CN(CCc2ccc(C(F)(F)F)cc2)C(=O)[C@H](Cc2cc(F)cc(F)c2)NC(=O)C2(CC2)NC(=O)Cc2ccccc2CN1. The van der Waals surface area contributed by atoms with Crippen LogP contribution in [0.25, 0.3) is 0 Å². The molecule has 13 heteroatoms. The Labute approximate surface area is 261 Å². The predicted octanol–water partition coefficient (Wildman–Crippen LogP) is 3.60. The van der Waals surface area contributed by atoms with Gasteiger partial charge >= 0.3 is 6.18 Å².